The number of hydrogen-bond acceptors (Lipinski definition) is 2. The molecule has 0 spiro atoms. The molecule has 1 aromatic heterocycles. The molecule has 1 heterocycles. The summed E-state index contributed by atoms with van der Waals surface area (Å²) in [7, 11) is 0. The number of thiophene rings is 1. The SMILES string of the molecule is CCC(C)NCc1ccc(F)s1.Cl. The van der Waals surface area contributed by atoms with Gasteiger partial charge in [0.25, 0.3) is 0 Å². The molecule has 0 aliphatic carbocycles. The highest BCUT2D eigenvalue weighted by Gasteiger charge is 2.00. The lowest BCUT2D eigenvalue weighted by Crippen LogP contribution is -2.23. The molecule has 1 aromatic rings. The monoisotopic (exact) mass is 223 g/mol. The van der Waals surface area contributed by atoms with Gasteiger partial charge in [0.05, 0.1) is 0 Å². The molecule has 1 N–H and O–H groups in total. The van der Waals surface area contributed by atoms with Crippen LogP contribution in [0.5, 0.6) is 0 Å². The van der Waals surface area contributed by atoms with Gasteiger partial charge in [-0.1, -0.05) is 6.92 Å². The third kappa shape index (κ3) is 4.60. The second-order valence-electron chi connectivity index (χ2n) is 2.90. The number of rotatable bonds is 4. The quantitative estimate of drug-likeness (QED) is 0.827. The van der Waals surface area contributed by atoms with Crippen molar-refractivity contribution in [3.63, 3.8) is 0 Å². The molecule has 0 aliphatic rings. The molecule has 76 valence electrons. The maximum atomic E-state index is 12.5. The van der Waals surface area contributed by atoms with Gasteiger partial charge in [0.2, 0.25) is 0 Å². The lowest BCUT2D eigenvalue weighted by molar-refractivity contribution is 0.537. The average molecular weight is 224 g/mol. The Morgan fingerprint density at radius 3 is 2.69 bits per heavy atom. The molecule has 0 saturated carbocycles. The van der Waals surface area contributed by atoms with Gasteiger partial charge in [0.15, 0.2) is 5.13 Å². The van der Waals surface area contributed by atoms with Gasteiger partial charge < -0.3 is 5.32 Å². The van der Waals surface area contributed by atoms with Crippen LogP contribution in [0.25, 0.3) is 0 Å². The number of hydrogen-bond donors (Lipinski definition) is 1. The smallest absolute Gasteiger partial charge is 0.176 e. The van der Waals surface area contributed by atoms with Gasteiger partial charge >= 0.3 is 0 Å². The summed E-state index contributed by atoms with van der Waals surface area (Å²) in [6, 6.07) is 3.85. The summed E-state index contributed by atoms with van der Waals surface area (Å²) < 4.78 is 12.5. The lowest BCUT2D eigenvalue weighted by Gasteiger charge is -2.08. The van der Waals surface area contributed by atoms with Crippen LogP contribution < -0.4 is 5.32 Å². The topological polar surface area (TPSA) is 12.0 Å². The molecule has 1 unspecified atom stereocenters. The Bertz CT molecular complexity index is 239. The fourth-order valence-electron chi connectivity index (χ4n) is 0.866. The maximum absolute atomic E-state index is 12.5. The molecular formula is C9H15ClFNS. The molecule has 0 aromatic carbocycles. The van der Waals surface area contributed by atoms with Gasteiger partial charge in [-0.2, -0.15) is 4.39 Å². The molecule has 0 aliphatic heterocycles. The van der Waals surface area contributed by atoms with Crippen molar-refractivity contribution < 1.29 is 4.39 Å². The second kappa shape index (κ2) is 6.35. The summed E-state index contributed by atoms with van der Waals surface area (Å²) in [5.74, 6) is 0. The maximum Gasteiger partial charge on any atom is 0.176 e. The molecule has 0 bridgehead atoms. The van der Waals surface area contributed by atoms with Crippen LogP contribution in [0.3, 0.4) is 0 Å². The predicted octanol–water partition coefficient (Wildman–Crippen LogP) is 3.20. The molecule has 1 rings (SSSR count). The molecule has 4 heteroatoms. The third-order valence-electron chi connectivity index (χ3n) is 1.87. The first-order valence-electron chi connectivity index (χ1n) is 4.20. The summed E-state index contributed by atoms with van der Waals surface area (Å²) in [5, 5.41) is 3.20. The Balaban J connectivity index is 0.00000144. The summed E-state index contributed by atoms with van der Waals surface area (Å²) in [6.07, 6.45) is 1.11. The Morgan fingerprint density at radius 2 is 2.23 bits per heavy atom. The highest BCUT2D eigenvalue weighted by atomic mass is 35.5. The van der Waals surface area contributed by atoms with Crippen molar-refractivity contribution in [2.75, 3.05) is 0 Å². The zero-order chi connectivity index (χ0) is 8.97. The second-order valence-corrected chi connectivity index (χ2v) is 4.01. The van der Waals surface area contributed by atoms with Crippen LogP contribution in [0.2, 0.25) is 0 Å². The lowest BCUT2D eigenvalue weighted by atomic mass is 10.2. The molecule has 0 amide bonds. The normalized spacial score (nSPS) is 12.2. The van der Waals surface area contributed by atoms with Crippen molar-refractivity contribution in [2.24, 2.45) is 0 Å². The molecule has 1 atom stereocenters. The average Bonchev–Trinajstić information content (AvgIpc) is 2.47. The van der Waals surface area contributed by atoms with E-state index in [1.54, 1.807) is 0 Å². The largest absolute Gasteiger partial charge is 0.309 e. The van der Waals surface area contributed by atoms with E-state index in [9.17, 15) is 4.39 Å². The van der Waals surface area contributed by atoms with Gasteiger partial charge in [-0.3, -0.25) is 0 Å². The van der Waals surface area contributed by atoms with Crippen molar-refractivity contribution in [1.82, 2.24) is 5.32 Å². The van der Waals surface area contributed by atoms with Crippen LogP contribution in [0.4, 0.5) is 4.39 Å². The van der Waals surface area contributed by atoms with Crippen LogP contribution in [0.1, 0.15) is 25.1 Å². The molecule has 0 radical (unpaired) electrons. The van der Waals surface area contributed by atoms with Crippen LogP contribution in [0.15, 0.2) is 12.1 Å². The van der Waals surface area contributed by atoms with E-state index in [4.69, 9.17) is 0 Å². The summed E-state index contributed by atoms with van der Waals surface area (Å²) in [4.78, 5) is 1.06. The van der Waals surface area contributed by atoms with Crippen molar-refractivity contribution in [3.8, 4) is 0 Å². The molecular weight excluding hydrogens is 209 g/mol. The van der Waals surface area contributed by atoms with Gasteiger partial charge in [0.1, 0.15) is 0 Å². The zero-order valence-corrected chi connectivity index (χ0v) is 9.47. The number of nitrogens with one attached hydrogen (secondary N) is 1. The minimum atomic E-state index is -0.101. The molecule has 0 saturated heterocycles. The third-order valence-corrected chi connectivity index (χ3v) is 2.74. The van der Waals surface area contributed by atoms with Crippen molar-refractivity contribution in [2.45, 2.75) is 32.9 Å². The minimum absolute atomic E-state index is 0. The van der Waals surface area contributed by atoms with Gasteiger partial charge in [-0.15, -0.1) is 23.7 Å². The zero-order valence-electron chi connectivity index (χ0n) is 7.84. The molecule has 1 nitrogen and oxygen atoms in total. The predicted molar refractivity (Wildman–Crippen MR) is 58.1 cm³/mol. The first-order chi connectivity index (χ1) is 5.72. The van der Waals surface area contributed by atoms with E-state index in [0.29, 0.717) is 6.04 Å². The minimum Gasteiger partial charge on any atom is -0.309 e. The van der Waals surface area contributed by atoms with Crippen LogP contribution in [-0.2, 0) is 6.54 Å². The van der Waals surface area contributed by atoms with Gasteiger partial charge in [0, 0.05) is 17.5 Å². The van der Waals surface area contributed by atoms with Crippen molar-refractivity contribution >= 4 is 23.7 Å². The van der Waals surface area contributed by atoms with E-state index in [-0.39, 0.29) is 17.5 Å². The highest BCUT2D eigenvalue weighted by Crippen LogP contribution is 2.13. The Labute approximate surface area is 88.8 Å². The first kappa shape index (κ1) is 12.9. The van der Waals surface area contributed by atoms with E-state index in [1.807, 2.05) is 6.07 Å². The van der Waals surface area contributed by atoms with Crippen LogP contribution >= 0.6 is 23.7 Å². The van der Waals surface area contributed by atoms with E-state index >= 15 is 0 Å². The van der Waals surface area contributed by atoms with E-state index in [2.05, 4.69) is 19.2 Å². The Hall–Kier alpha value is -0.120. The fraction of sp³-hybridized carbons (Fsp3) is 0.556. The molecule has 0 fully saturated rings. The van der Waals surface area contributed by atoms with Crippen LogP contribution in [0, 0.1) is 5.13 Å². The van der Waals surface area contributed by atoms with Crippen molar-refractivity contribution in [3.05, 3.63) is 22.1 Å². The first-order valence-corrected chi connectivity index (χ1v) is 5.01. The number of halogens is 2. The van der Waals surface area contributed by atoms with E-state index in [0.717, 1.165) is 17.8 Å². The molecule has 13 heavy (non-hydrogen) atoms. The van der Waals surface area contributed by atoms with Gasteiger partial charge in [-0.25, -0.2) is 0 Å². The Kier molecular flexibility index (Phi) is 6.29. The highest BCUT2D eigenvalue weighted by molar-refractivity contribution is 7.10. The standard InChI is InChI=1S/C9H14FNS.ClH/c1-3-7(2)11-6-8-4-5-9(10)12-8;/h4-5,7,11H,3,6H2,1-2H3;1H. The summed E-state index contributed by atoms with van der Waals surface area (Å²) >= 11 is 1.21. The summed E-state index contributed by atoms with van der Waals surface area (Å²) in [6.45, 7) is 5.04. The van der Waals surface area contributed by atoms with E-state index in [1.165, 1.54) is 17.4 Å². The summed E-state index contributed by atoms with van der Waals surface area (Å²) in [5.41, 5.74) is 0. The van der Waals surface area contributed by atoms with Crippen molar-refractivity contribution in [1.29, 1.82) is 0 Å². The fourth-order valence-corrected chi connectivity index (χ4v) is 1.54. The Morgan fingerprint density at radius 1 is 1.54 bits per heavy atom. The van der Waals surface area contributed by atoms with Gasteiger partial charge in [-0.05, 0) is 25.5 Å². The van der Waals surface area contributed by atoms with Crippen LogP contribution in [-0.4, -0.2) is 6.04 Å². The van der Waals surface area contributed by atoms with E-state index < -0.39 is 0 Å².